The molecule has 0 saturated carbocycles. The van der Waals surface area contributed by atoms with Crippen LogP contribution in [-0.2, 0) is 4.74 Å². The molecule has 0 radical (unpaired) electrons. The Hall–Kier alpha value is -2.16. The van der Waals surface area contributed by atoms with Gasteiger partial charge in [0, 0.05) is 12.5 Å². The van der Waals surface area contributed by atoms with Crippen LogP contribution in [0.1, 0.15) is 34.1 Å². The Morgan fingerprint density at radius 2 is 1.91 bits per heavy atom. The van der Waals surface area contributed by atoms with Crippen molar-refractivity contribution >= 4 is 11.6 Å². The fourth-order valence-corrected chi connectivity index (χ4v) is 3.16. The monoisotopic (exact) mass is 324 g/mol. The molecule has 2 unspecified atom stereocenters. The minimum Gasteiger partial charge on any atom is -0.507 e. The zero-order valence-corrected chi connectivity index (χ0v) is 12.5. The minimum absolute atomic E-state index is 0.174. The van der Waals surface area contributed by atoms with Gasteiger partial charge in [-0.1, -0.05) is 0 Å². The number of aliphatic hydroxyl groups is 2. The molecule has 3 atom stereocenters. The SMILES string of the molecule is COc1cc(O)c2c(c1O)C(=O)C1CC(C)(O)OC[C@@]1(O)C2=O. The Balaban J connectivity index is 2.26. The lowest BCUT2D eigenvalue weighted by Gasteiger charge is -2.46. The maximum atomic E-state index is 12.7. The van der Waals surface area contributed by atoms with Crippen LogP contribution >= 0.6 is 0 Å². The van der Waals surface area contributed by atoms with Crippen LogP contribution in [0, 0.1) is 5.92 Å². The van der Waals surface area contributed by atoms with Gasteiger partial charge in [0.25, 0.3) is 0 Å². The van der Waals surface area contributed by atoms with Crippen LogP contribution in [0.5, 0.6) is 17.2 Å². The average molecular weight is 324 g/mol. The molecule has 3 rings (SSSR count). The van der Waals surface area contributed by atoms with Crippen molar-refractivity contribution in [2.75, 3.05) is 13.7 Å². The summed E-state index contributed by atoms with van der Waals surface area (Å²) in [6.45, 7) is 0.712. The third-order valence-electron chi connectivity index (χ3n) is 4.41. The average Bonchev–Trinajstić information content (AvgIpc) is 2.48. The molecule has 124 valence electrons. The number of ketones is 2. The van der Waals surface area contributed by atoms with E-state index in [1.807, 2.05) is 0 Å². The van der Waals surface area contributed by atoms with Gasteiger partial charge in [0.2, 0.25) is 5.78 Å². The molecule has 1 aromatic carbocycles. The van der Waals surface area contributed by atoms with Gasteiger partial charge in [0.05, 0.1) is 30.8 Å². The zero-order valence-electron chi connectivity index (χ0n) is 12.5. The number of phenolic OH excluding ortho intramolecular Hbond substituents is 2. The van der Waals surface area contributed by atoms with Crippen molar-refractivity contribution in [2.24, 2.45) is 5.92 Å². The Morgan fingerprint density at radius 3 is 2.52 bits per heavy atom. The van der Waals surface area contributed by atoms with Crippen LogP contribution in [-0.4, -0.2) is 57.1 Å². The van der Waals surface area contributed by atoms with E-state index in [9.17, 15) is 30.0 Å². The molecule has 23 heavy (non-hydrogen) atoms. The third kappa shape index (κ3) is 2.03. The summed E-state index contributed by atoms with van der Waals surface area (Å²) >= 11 is 0. The van der Waals surface area contributed by atoms with E-state index in [4.69, 9.17) is 9.47 Å². The van der Waals surface area contributed by atoms with Gasteiger partial charge in [-0.2, -0.15) is 0 Å². The van der Waals surface area contributed by atoms with Crippen LogP contribution in [0.4, 0.5) is 0 Å². The van der Waals surface area contributed by atoms with Crippen molar-refractivity contribution in [3.05, 3.63) is 17.2 Å². The van der Waals surface area contributed by atoms with Crippen LogP contribution in [0.3, 0.4) is 0 Å². The first-order chi connectivity index (χ1) is 10.6. The molecule has 1 saturated heterocycles. The van der Waals surface area contributed by atoms with E-state index >= 15 is 0 Å². The Labute approximate surface area is 130 Å². The molecule has 2 aliphatic rings. The number of hydrogen-bond acceptors (Lipinski definition) is 8. The standard InChI is InChI=1S/C15H16O8/c1-14(20)4-6-11(17)10-9(13(19)15(6,21)5-23-14)7(16)3-8(22-2)12(10)18/h3,6,16,18,20-21H,4-5H2,1-2H3/t6?,14?,15-/m0/s1. The van der Waals surface area contributed by atoms with Crippen molar-refractivity contribution in [1.29, 1.82) is 0 Å². The number of ether oxygens (including phenoxy) is 2. The van der Waals surface area contributed by atoms with Crippen molar-refractivity contribution in [2.45, 2.75) is 24.7 Å². The van der Waals surface area contributed by atoms with E-state index in [0.29, 0.717) is 0 Å². The molecule has 1 heterocycles. The van der Waals surface area contributed by atoms with Crippen molar-refractivity contribution in [3.63, 3.8) is 0 Å². The van der Waals surface area contributed by atoms with Crippen molar-refractivity contribution < 1.29 is 39.5 Å². The lowest BCUT2D eigenvalue weighted by atomic mass is 9.67. The van der Waals surface area contributed by atoms with Gasteiger partial charge >= 0.3 is 0 Å². The fourth-order valence-electron chi connectivity index (χ4n) is 3.16. The maximum absolute atomic E-state index is 12.7. The molecular weight excluding hydrogens is 308 g/mol. The molecule has 1 fully saturated rings. The minimum atomic E-state index is -2.20. The maximum Gasteiger partial charge on any atom is 0.202 e. The highest BCUT2D eigenvalue weighted by molar-refractivity contribution is 6.22. The first-order valence-corrected chi connectivity index (χ1v) is 6.93. The van der Waals surface area contributed by atoms with Gasteiger partial charge in [0.1, 0.15) is 5.75 Å². The summed E-state index contributed by atoms with van der Waals surface area (Å²) in [5.74, 6) is -6.05. The zero-order chi connectivity index (χ0) is 17.2. The smallest absolute Gasteiger partial charge is 0.202 e. The number of hydrogen-bond donors (Lipinski definition) is 4. The van der Waals surface area contributed by atoms with E-state index in [1.54, 1.807) is 0 Å². The Kier molecular flexibility index (Phi) is 3.19. The van der Waals surface area contributed by atoms with Gasteiger partial charge in [0.15, 0.2) is 28.7 Å². The lowest BCUT2D eigenvalue weighted by molar-refractivity contribution is -0.257. The van der Waals surface area contributed by atoms with Crippen LogP contribution in [0.2, 0.25) is 0 Å². The molecule has 4 N–H and O–H groups in total. The van der Waals surface area contributed by atoms with Crippen molar-refractivity contribution in [1.82, 2.24) is 0 Å². The van der Waals surface area contributed by atoms with Gasteiger partial charge < -0.3 is 29.9 Å². The quantitative estimate of drug-likeness (QED) is 0.529. The van der Waals surface area contributed by atoms with Crippen molar-refractivity contribution in [3.8, 4) is 17.2 Å². The van der Waals surface area contributed by atoms with Crippen LogP contribution < -0.4 is 4.74 Å². The van der Waals surface area contributed by atoms with E-state index in [-0.39, 0.29) is 12.2 Å². The summed E-state index contributed by atoms with van der Waals surface area (Å²) in [6, 6.07) is 0.989. The molecule has 8 heteroatoms. The van der Waals surface area contributed by atoms with Gasteiger partial charge in [-0.15, -0.1) is 0 Å². The normalized spacial score (nSPS) is 33.1. The van der Waals surface area contributed by atoms with E-state index in [2.05, 4.69) is 0 Å². The summed E-state index contributed by atoms with van der Waals surface area (Å²) < 4.78 is 9.92. The highest BCUT2D eigenvalue weighted by atomic mass is 16.6. The summed E-state index contributed by atoms with van der Waals surface area (Å²) in [4.78, 5) is 25.4. The number of phenols is 2. The number of aromatic hydroxyl groups is 2. The molecule has 1 aromatic rings. The molecular formula is C15H16O8. The molecule has 0 amide bonds. The largest absolute Gasteiger partial charge is 0.507 e. The molecule has 0 aromatic heterocycles. The second-order valence-electron chi connectivity index (χ2n) is 6.03. The number of methoxy groups -OCH3 is 1. The van der Waals surface area contributed by atoms with Crippen LogP contribution in [0.25, 0.3) is 0 Å². The summed E-state index contributed by atoms with van der Waals surface area (Å²) in [6.07, 6.45) is -0.328. The van der Waals surface area contributed by atoms with Gasteiger partial charge in [-0.05, 0) is 6.92 Å². The molecule has 0 bridgehead atoms. The van der Waals surface area contributed by atoms with Gasteiger partial charge in [-0.3, -0.25) is 9.59 Å². The number of Topliss-reactive ketones (excluding diaryl/α,β-unsaturated/α-hetero) is 2. The molecule has 1 aliphatic carbocycles. The molecule has 0 spiro atoms. The predicted molar refractivity (Wildman–Crippen MR) is 74.6 cm³/mol. The highest BCUT2D eigenvalue weighted by Crippen LogP contribution is 2.49. The first-order valence-electron chi connectivity index (χ1n) is 6.93. The lowest BCUT2D eigenvalue weighted by Crippen LogP contribution is -2.62. The predicted octanol–water partition coefficient (Wildman–Crippen LogP) is -0.0385. The number of carbonyl (C=O) groups excluding carboxylic acids is 2. The number of fused-ring (bicyclic) bond motifs is 2. The van der Waals surface area contributed by atoms with Gasteiger partial charge in [-0.25, -0.2) is 0 Å². The number of rotatable bonds is 1. The Morgan fingerprint density at radius 1 is 1.26 bits per heavy atom. The summed E-state index contributed by atoms with van der Waals surface area (Å²) in [7, 11) is 1.23. The second-order valence-corrected chi connectivity index (χ2v) is 6.03. The number of benzene rings is 1. The van der Waals surface area contributed by atoms with E-state index in [1.165, 1.54) is 14.0 Å². The summed E-state index contributed by atoms with van der Waals surface area (Å²) in [5.41, 5.74) is -3.10. The van der Waals surface area contributed by atoms with Crippen LogP contribution in [0.15, 0.2) is 6.07 Å². The number of carbonyl (C=O) groups is 2. The summed E-state index contributed by atoms with van der Waals surface area (Å²) in [5, 5.41) is 40.8. The van der Waals surface area contributed by atoms with E-state index in [0.717, 1.165) is 6.07 Å². The third-order valence-corrected chi connectivity index (χ3v) is 4.41. The fraction of sp³-hybridized carbons (Fsp3) is 0.467. The molecule has 1 aliphatic heterocycles. The Bertz CT molecular complexity index is 723. The van der Waals surface area contributed by atoms with E-state index < -0.39 is 58.1 Å². The topological polar surface area (TPSA) is 134 Å². The highest BCUT2D eigenvalue weighted by Gasteiger charge is 2.59. The second kappa shape index (κ2) is 4.67. The molecule has 8 nitrogen and oxygen atoms in total. The first kappa shape index (κ1) is 15.7.